The lowest BCUT2D eigenvalue weighted by Gasteiger charge is -2.21. The number of fused-ring (bicyclic) bond motifs is 1. The minimum absolute atomic E-state index is 0.0109. The fourth-order valence-electron chi connectivity index (χ4n) is 3.69. The first-order valence-electron chi connectivity index (χ1n) is 7.50. The number of alkyl halides is 1. The summed E-state index contributed by atoms with van der Waals surface area (Å²) in [6, 6.07) is 0. The number of hydroxylamine groups is 1. The van der Waals surface area contributed by atoms with Crippen molar-refractivity contribution in [3.63, 3.8) is 0 Å². The van der Waals surface area contributed by atoms with Gasteiger partial charge in [0.2, 0.25) is 5.91 Å². The van der Waals surface area contributed by atoms with E-state index in [0.29, 0.717) is 30.3 Å². The molecule has 0 radical (unpaired) electrons. The molecule has 2 saturated carbocycles. The Morgan fingerprint density at radius 2 is 2.30 bits per heavy atom. The standard InChI is InChI=1S/C14H21BrN2O3/c15-12-10-4-1-2-6-14(10,12)13(19)16-20-9-8-17-7-3-5-11(17)18/h10,12H,1-9H2,(H,16,19)/t10-,12-,14+/m1/s1. The first-order valence-corrected chi connectivity index (χ1v) is 8.42. The van der Waals surface area contributed by atoms with E-state index in [4.69, 9.17) is 4.84 Å². The Kier molecular flexibility index (Phi) is 4.04. The van der Waals surface area contributed by atoms with Crippen LogP contribution in [-0.4, -0.2) is 41.2 Å². The van der Waals surface area contributed by atoms with E-state index in [9.17, 15) is 9.59 Å². The lowest BCUT2D eigenvalue weighted by Crippen LogP contribution is -2.37. The minimum Gasteiger partial charge on any atom is -0.340 e. The van der Waals surface area contributed by atoms with Gasteiger partial charge in [0.15, 0.2) is 0 Å². The molecule has 1 saturated heterocycles. The van der Waals surface area contributed by atoms with Crippen LogP contribution in [-0.2, 0) is 14.4 Å². The number of likely N-dealkylation sites (tertiary alicyclic amines) is 1. The molecule has 3 fully saturated rings. The molecule has 6 heteroatoms. The molecule has 3 aliphatic rings. The highest BCUT2D eigenvalue weighted by Gasteiger charge is 2.68. The molecule has 5 nitrogen and oxygen atoms in total. The average Bonchev–Trinajstić information content (AvgIpc) is 2.86. The molecular formula is C14H21BrN2O3. The second-order valence-corrected chi connectivity index (χ2v) is 7.04. The molecule has 0 aromatic rings. The molecule has 3 atom stereocenters. The molecule has 1 aliphatic heterocycles. The third kappa shape index (κ3) is 2.37. The van der Waals surface area contributed by atoms with Gasteiger partial charge in [-0.3, -0.25) is 14.4 Å². The van der Waals surface area contributed by atoms with Crippen molar-refractivity contribution < 1.29 is 14.4 Å². The fraction of sp³-hybridized carbons (Fsp3) is 0.857. The smallest absolute Gasteiger partial charge is 0.251 e. The number of nitrogens with zero attached hydrogens (tertiary/aromatic N) is 1. The number of carbonyl (C=O) groups is 2. The molecular weight excluding hydrogens is 324 g/mol. The summed E-state index contributed by atoms with van der Waals surface area (Å²) < 4.78 is 0. The predicted molar refractivity (Wildman–Crippen MR) is 77.0 cm³/mol. The van der Waals surface area contributed by atoms with Crippen LogP contribution in [0.25, 0.3) is 0 Å². The molecule has 0 spiro atoms. The van der Waals surface area contributed by atoms with Crippen LogP contribution >= 0.6 is 15.9 Å². The van der Waals surface area contributed by atoms with Gasteiger partial charge in [-0.15, -0.1) is 0 Å². The van der Waals surface area contributed by atoms with E-state index in [-0.39, 0.29) is 17.2 Å². The maximum Gasteiger partial charge on any atom is 0.251 e. The normalized spacial score (nSPS) is 35.9. The Morgan fingerprint density at radius 1 is 1.45 bits per heavy atom. The van der Waals surface area contributed by atoms with E-state index < -0.39 is 0 Å². The second-order valence-electron chi connectivity index (χ2n) is 6.06. The Morgan fingerprint density at radius 3 is 3.00 bits per heavy atom. The topological polar surface area (TPSA) is 58.6 Å². The molecule has 0 bridgehead atoms. The van der Waals surface area contributed by atoms with Gasteiger partial charge in [0.25, 0.3) is 5.91 Å². The molecule has 1 heterocycles. The maximum absolute atomic E-state index is 12.3. The molecule has 2 amide bonds. The summed E-state index contributed by atoms with van der Waals surface area (Å²) in [4.78, 5) is 31.1. The van der Waals surface area contributed by atoms with Crippen LogP contribution in [0.2, 0.25) is 0 Å². The van der Waals surface area contributed by atoms with Gasteiger partial charge in [-0.1, -0.05) is 28.8 Å². The Labute approximate surface area is 127 Å². The molecule has 0 aromatic carbocycles. The van der Waals surface area contributed by atoms with E-state index in [1.807, 2.05) is 0 Å². The average molecular weight is 345 g/mol. The van der Waals surface area contributed by atoms with Gasteiger partial charge in [0.05, 0.1) is 12.0 Å². The molecule has 1 N–H and O–H groups in total. The summed E-state index contributed by atoms with van der Waals surface area (Å²) in [5.41, 5.74) is 2.36. The lowest BCUT2D eigenvalue weighted by atomic mass is 9.88. The molecule has 3 rings (SSSR count). The number of amides is 2. The number of nitrogens with one attached hydrogen (secondary N) is 1. The third-order valence-electron chi connectivity index (χ3n) is 4.98. The Balaban J connectivity index is 1.40. The largest absolute Gasteiger partial charge is 0.340 e. The number of carbonyl (C=O) groups excluding carboxylic acids is 2. The summed E-state index contributed by atoms with van der Waals surface area (Å²) in [6.07, 6.45) is 6.00. The van der Waals surface area contributed by atoms with Crippen molar-refractivity contribution >= 4 is 27.7 Å². The summed E-state index contributed by atoms with van der Waals surface area (Å²) in [5.74, 6) is 0.672. The van der Waals surface area contributed by atoms with E-state index in [1.165, 1.54) is 6.42 Å². The van der Waals surface area contributed by atoms with Crippen LogP contribution in [0.15, 0.2) is 0 Å². The zero-order chi connectivity index (χ0) is 14.2. The first kappa shape index (κ1) is 14.3. The summed E-state index contributed by atoms with van der Waals surface area (Å²) in [5, 5.41) is 0. The van der Waals surface area contributed by atoms with Crippen molar-refractivity contribution in [2.75, 3.05) is 19.7 Å². The van der Waals surface area contributed by atoms with Crippen molar-refractivity contribution in [1.82, 2.24) is 10.4 Å². The van der Waals surface area contributed by atoms with Gasteiger partial charge in [-0.25, -0.2) is 5.48 Å². The van der Waals surface area contributed by atoms with Gasteiger partial charge in [0, 0.05) is 24.3 Å². The van der Waals surface area contributed by atoms with E-state index >= 15 is 0 Å². The predicted octanol–water partition coefficient (Wildman–Crippen LogP) is 1.61. The van der Waals surface area contributed by atoms with Crippen LogP contribution in [0.4, 0.5) is 0 Å². The monoisotopic (exact) mass is 344 g/mol. The van der Waals surface area contributed by atoms with Gasteiger partial charge >= 0.3 is 0 Å². The second kappa shape index (κ2) is 5.64. The first-order chi connectivity index (χ1) is 9.66. The number of rotatable bonds is 5. The quantitative estimate of drug-likeness (QED) is 0.468. The van der Waals surface area contributed by atoms with Gasteiger partial charge in [-0.05, 0) is 25.2 Å². The summed E-state index contributed by atoms with van der Waals surface area (Å²) in [7, 11) is 0. The van der Waals surface area contributed by atoms with Crippen molar-refractivity contribution in [2.24, 2.45) is 11.3 Å². The summed E-state index contributed by atoms with van der Waals surface area (Å²) >= 11 is 3.63. The van der Waals surface area contributed by atoms with E-state index in [1.54, 1.807) is 4.90 Å². The van der Waals surface area contributed by atoms with Gasteiger partial charge in [0.1, 0.15) is 0 Å². The van der Waals surface area contributed by atoms with Crippen LogP contribution < -0.4 is 5.48 Å². The van der Waals surface area contributed by atoms with Crippen LogP contribution in [0.5, 0.6) is 0 Å². The highest BCUT2D eigenvalue weighted by molar-refractivity contribution is 9.09. The van der Waals surface area contributed by atoms with Crippen LogP contribution in [0, 0.1) is 11.3 Å². The molecule has 0 aromatic heterocycles. The zero-order valence-corrected chi connectivity index (χ0v) is 13.2. The lowest BCUT2D eigenvalue weighted by molar-refractivity contribution is -0.141. The highest BCUT2D eigenvalue weighted by atomic mass is 79.9. The highest BCUT2D eigenvalue weighted by Crippen LogP contribution is 2.65. The SMILES string of the molecule is O=C1CCCN1CCONC(=O)[C@@]12CCCC[C@@H]1[C@H]2Br. The molecule has 0 unspecified atom stereocenters. The van der Waals surface area contributed by atoms with E-state index in [2.05, 4.69) is 21.4 Å². The summed E-state index contributed by atoms with van der Waals surface area (Å²) in [6.45, 7) is 1.74. The molecule has 112 valence electrons. The minimum atomic E-state index is -0.234. The van der Waals surface area contributed by atoms with Crippen molar-refractivity contribution in [1.29, 1.82) is 0 Å². The van der Waals surface area contributed by atoms with Crippen molar-refractivity contribution in [3.8, 4) is 0 Å². The van der Waals surface area contributed by atoms with E-state index in [0.717, 1.165) is 32.2 Å². The maximum atomic E-state index is 12.3. The number of hydrogen-bond acceptors (Lipinski definition) is 3. The van der Waals surface area contributed by atoms with Crippen LogP contribution in [0.3, 0.4) is 0 Å². The van der Waals surface area contributed by atoms with Gasteiger partial charge < -0.3 is 4.90 Å². The molecule has 20 heavy (non-hydrogen) atoms. The third-order valence-corrected chi connectivity index (χ3v) is 6.43. The van der Waals surface area contributed by atoms with Crippen molar-refractivity contribution in [3.05, 3.63) is 0 Å². The van der Waals surface area contributed by atoms with Crippen LogP contribution in [0.1, 0.15) is 38.5 Å². The molecule has 2 aliphatic carbocycles. The Hall–Kier alpha value is -0.620. The number of halogens is 1. The zero-order valence-electron chi connectivity index (χ0n) is 11.6. The fourth-order valence-corrected chi connectivity index (χ4v) is 5.05. The Bertz CT molecular complexity index is 417. The van der Waals surface area contributed by atoms with Gasteiger partial charge in [-0.2, -0.15) is 0 Å². The van der Waals surface area contributed by atoms with Crippen molar-refractivity contribution in [2.45, 2.75) is 43.4 Å². The number of hydrogen-bond donors (Lipinski definition) is 1.